The first-order valence-corrected chi connectivity index (χ1v) is 7.95. The average Bonchev–Trinajstić information content (AvgIpc) is 3.03. The van der Waals surface area contributed by atoms with Crippen LogP contribution >= 0.6 is 0 Å². The van der Waals surface area contributed by atoms with Crippen molar-refractivity contribution in [1.82, 2.24) is 5.32 Å². The normalized spacial score (nSPS) is 17.2. The molecule has 0 aromatic heterocycles. The fourth-order valence-corrected chi connectivity index (χ4v) is 2.99. The number of benzene rings is 2. The van der Waals surface area contributed by atoms with E-state index in [1.807, 2.05) is 54.6 Å². The van der Waals surface area contributed by atoms with Gasteiger partial charge in [0.05, 0.1) is 0 Å². The third-order valence-electron chi connectivity index (χ3n) is 4.29. The highest BCUT2D eigenvalue weighted by molar-refractivity contribution is 5.85. The zero-order chi connectivity index (χ0) is 16.1. The lowest BCUT2D eigenvalue weighted by atomic mass is 9.95. The predicted octanol–water partition coefficient (Wildman–Crippen LogP) is 2.45. The van der Waals surface area contributed by atoms with Crippen LogP contribution in [0.4, 0.5) is 0 Å². The zero-order valence-corrected chi connectivity index (χ0v) is 12.9. The van der Waals surface area contributed by atoms with Crippen LogP contribution in [0.5, 0.6) is 5.75 Å². The summed E-state index contributed by atoms with van der Waals surface area (Å²) in [6.07, 6.45) is 0.627. The van der Waals surface area contributed by atoms with E-state index >= 15 is 0 Å². The second-order valence-electron chi connectivity index (χ2n) is 5.77. The van der Waals surface area contributed by atoms with Crippen LogP contribution in [0.2, 0.25) is 0 Å². The van der Waals surface area contributed by atoms with Crippen LogP contribution < -0.4 is 10.1 Å². The number of aliphatic hydroxyl groups is 1. The van der Waals surface area contributed by atoms with Crippen molar-refractivity contribution in [3.63, 3.8) is 0 Å². The van der Waals surface area contributed by atoms with Crippen LogP contribution in [0.25, 0.3) is 0 Å². The molecule has 120 valence electrons. The second kappa shape index (κ2) is 7.29. The van der Waals surface area contributed by atoms with Crippen LogP contribution in [0.1, 0.15) is 29.4 Å². The first-order valence-electron chi connectivity index (χ1n) is 7.95. The molecule has 2 atom stereocenters. The highest BCUT2D eigenvalue weighted by Gasteiger charge is 2.30. The van der Waals surface area contributed by atoms with Crippen LogP contribution in [0.3, 0.4) is 0 Å². The number of ether oxygens (including phenoxy) is 1. The predicted molar refractivity (Wildman–Crippen MR) is 88.6 cm³/mol. The van der Waals surface area contributed by atoms with E-state index in [9.17, 15) is 9.90 Å². The van der Waals surface area contributed by atoms with E-state index in [1.165, 1.54) is 0 Å². The molecule has 0 saturated carbocycles. The highest BCUT2D eigenvalue weighted by atomic mass is 16.5. The summed E-state index contributed by atoms with van der Waals surface area (Å²) in [6, 6.07) is 17.6. The third kappa shape index (κ3) is 3.54. The van der Waals surface area contributed by atoms with Crippen LogP contribution in [-0.4, -0.2) is 30.8 Å². The summed E-state index contributed by atoms with van der Waals surface area (Å²) in [7, 11) is 0. The molecular formula is C19H21NO3. The molecule has 0 fully saturated rings. The van der Waals surface area contributed by atoms with Crippen molar-refractivity contribution in [2.45, 2.75) is 18.3 Å². The van der Waals surface area contributed by atoms with Crippen LogP contribution in [0.15, 0.2) is 54.6 Å². The van der Waals surface area contributed by atoms with Crippen molar-refractivity contribution in [2.75, 3.05) is 19.8 Å². The Morgan fingerprint density at radius 1 is 1.17 bits per heavy atom. The van der Waals surface area contributed by atoms with Crippen LogP contribution in [-0.2, 0) is 4.79 Å². The summed E-state index contributed by atoms with van der Waals surface area (Å²) >= 11 is 0. The minimum absolute atomic E-state index is 0.0196. The number of fused-ring (bicyclic) bond motifs is 1. The molecule has 1 aliphatic rings. The van der Waals surface area contributed by atoms with E-state index in [0.29, 0.717) is 19.6 Å². The molecule has 1 aliphatic heterocycles. The number of carbonyl (C=O) groups excluding carboxylic acids is 1. The number of aliphatic hydroxyl groups excluding tert-OH is 1. The summed E-state index contributed by atoms with van der Waals surface area (Å²) in [6.45, 7) is 1.01. The average molecular weight is 311 g/mol. The largest absolute Gasteiger partial charge is 0.492 e. The Hall–Kier alpha value is -2.33. The van der Waals surface area contributed by atoms with Gasteiger partial charge in [0.1, 0.15) is 18.3 Å². The fraction of sp³-hybridized carbons (Fsp3) is 0.316. The Morgan fingerprint density at radius 2 is 1.91 bits per heavy atom. The molecule has 4 heteroatoms. The molecule has 0 aliphatic carbocycles. The van der Waals surface area contributed by atoms with Gasteiger partial charge in [0, 0.05) is 24.6 Å². The van der Waals surface area contributed by atoms with Gasteiger partial charge in [0.2, 0.25) is 5.91 Å². The van der Waals surface area contributed by atoms with Crippen molar-refractivity contribution < 1.29 is 14.6 Å². The topological polar surface area (TPSA) is 58.6 Å². The monoisotopic (exact) mass is 311 g/mol. The number of amides is 1. The van der Waals surface area contributed by atoms with E-state index in [1.54, 1.807) is 0 Å². The molecule has 0 radical (unpaired) electrons. The van der Waals surface area contributed by atoms with Gasteiger partial charge in [-0.05, 0) is 18.1 Å². The van der Waals surface area contributed by atoms with E-state index in [-0.39, 0.29) is 24.3 Å². The van der Waals surface area contributed by atoms with Crippen molar-refractivity contribution in [1.29, 1.82) is 0 Å². The van der Waals surface area contributed by atoms with Crippen LogP contribution in [0, 0.1) is 0 Å². The second-order valence-corrected chi connectivity index (χ2v) is 5.77. The van der Waals surface area contributed by atoms with E-state index in [4.69, 9.17) is 4.74 Å². The molecule has 4 nitrogen and oxygen atoms in total. The number of nitrogens with one attached hydrogen (secondary N) is 1. The lowest BCUT2D eigenvalue weighted by Crippen LogP contribution is -2.33. The summed E-state index contributed by atoms with van der Waals surface area (Å²) in [5.74, 6) is 0.635. The van der Waals surface area contributed by atoms with Crippen molar-refractivity contribution in [2.24, 2.45) is 0 Å². The van der Waals surface area contributed by atoms with Gasteiger partial charge < -0.3 is 15.2 Å². The van der Waals surface area contributed by atoms with Gasteiger partial charge in [0.15, 0.2) is 0 Å². The zero-order valence-electron chi connectivity index (χ0n) is 12.9. The third-order valence-corrected chi connectivity index (χ3v) is 4.29. The molecule has 23 heavy (non-hydrogen) atoms. The maximum atomic E-state index is 12.5. The number of rotatable bonds is 6. The Labute approximate surface area is 136 Å². The quantitative estimate of drug-likeness (QED) is 0.861. The Kier molecular flexibility index (Phi) is 4.93. The van der Waals surface area contributed by atoms with Gasteiger partial charge >= 0.3 is 0 Å². The minimum Gasteiger partial charge on any atom is -0.492 e. The Balaban J connectivity index is 1.64. The van der Waals surface area contributed by atoms with Crippen molar-refractivity contribution >= 4 is 5.91 Å². The minimum atomic E-state index is -0.253. The Bertz CT molecular complexity index is 657. The maximum absolute atomic E-state index is 12.5. The molecule has 0 spiro atoms. The molecule has 1 amide bonds. The number of para-hydroxylation sites is 1. The molecule has 0 unspecified atom stereocenters. The lowest BCUT2D eigenvalue weighted by Gasteiger charge is -2.18. The van der Waals surface area contributed by atoms with Gasteiger partial charge in [-0.15, -0.1) is 0 Å². The summed E-state index contributed by atoms with van der Waals surface area (Å²) in [5.41, 5.74) is 2.08. The van der Waals surface area contributed by atoms with Gasteiger partial charge in [-0.25, -0.2) is 0 Å². The summed E-state index contributed by atoms with van der Waals surface area (Å²) in [5, 5.41) is 12.3. The SMILES string of the molecule is O=C(NC[C@H](CCO)c1ccccc1)[C@H]1COc2ccccc21. The van der Waals surface area contributed by atoms with Gasteiger partial charge in [-0.3, -0.25) is 4.79 Å². The van der Waals surface area contributed by atoms with Gasteiger partial charge in [-0.1, -0.05) is 48.5 Å². The molecule has 2 aromatic carbocycles. The Morgan fingerprint density at radius 3 is 2.70 bits per heavy atom. The summed E-state index contributed by atoms with van der Waals surface area (Å²) < 4.78 is 5.57. The van der Waals surface area contributed by atoms with E-state index in [2.05, 4.69) is 5.32 Å². The molecular weight excluding hydrogens is 290 g/mol. The van der Waals surface area contributed by atoms with Gasteiger partial charge in [0.25, 0.3) is 0 Å². The summed E-state index contributed by atoms with van der Waals surface area (Å²) in [4.78, 5) is 12.5. The fourth-order valence-electron chi connectivity index (χ4n) is 2.99. The molecule has 0 saturated heterocycles. The number of carbonyl (C=O) groups is 1. The van der Waals surface area contributed by atoms with Gasteiger partial charge in [-0.2, -0.15) is 0 Å². The molecule has 1 heterocycles. The molecule has 2 aromatic rings. The number of hydrogen-bond acceptors (Lipinski definition) is 3. The molecule has 2 N–H and O–H groups in total. The highest BCUT2D eigenvalue weighted by Crippen LogP contribution is 2.33. The van der Waals surface area contributed by atoms with E-state index < -0.39 is 0 Å². The first kappa shape index (κ1) is 15.6. The first-order chi connectivity index (χ1) is 11.3. The number of hydrogen-bond donors (Lipinski definition) is 2. The van der Waals surface area contributed by atoms with Crippen molar-refractivity contribution in [3.8, 4) is 5.75 Å². The standard InChI is InChI=1S/C19H21NO3/c21-11-10-15(14-6-2-1-3-7-14)12-20-19(22)17-13-23-18-9-5-4-8-16(17)18/h1-9,15,17,21H,10-13H2,(H,20,22)/t15-,17-/m0/s1. The smallest absolute Gasteiger partial charge is 0.231 e. The van der Waals surface area contributed by atoms with Crippen molar-refractivity contribution in [3.05, 3.63) is 65.7 Å². The molecule has 0 bridgehead atoms. The lowest BCUT2D eigenvalue weighted by molar-refractivity contribution is -0.122. The van der Waals surface area contributed by atoms with E-state index in [0.717, 1.165) is 16.9 Å². The maximum Gasteiger partial charge on any atom is 0.231 e. The molecule has 3 rings (SSSR count).